The van der Waals surface area contributed by atoms with Crippen LogP contribution >= 0.6 is 0 Å². The number of nitrogens with zero attached hydrogens (tertiary/aromatic N) is 6. The summed E-state index contributed by atoms with van der Waals surface area (Å²) in [5.41, 5.74) is 0.0276. The molecule has 3 aliphatic heterocycles. The fraction of sp³-hybridized carbons (Fsp3) is 0.581. The van der Waals surface area contributed by atoms with Crippen LogP contribution in [0.3, 0.4) is 0 Å². The van der Waals surface area contributed by atoms with Crippen LogP contribution < -0.4 is 10.2 Å². The molecule has 1 N–H and O–H groups in total. The van der Waals surface area contributed by atoms with E-state index in [0.717, 1.165) is 45.1 Å². The Kier molecular flexibility index (Phi) is 7.57. The summed E-state index contributed by atoms with van der Waals surface area (Å²) in [5.74, 6) is -0.457. The molecule has 2 saturated heterocycles. The van der Waals surface area contributed by atoms with Crippen LogP contribution in [0.4, 0.5) is 14.5 Å². The second-order valence-electron chi connectivity index (χ2n) is 13.0. The first-order valence-corrected chi connectivity index (χ1v) is 14.9. The van der Waals surface area contributed by atoms with Crippen molar-refractivity contribution in [2.45, 2.75) is 63.8 Å². The summed E-state index contributed by atoms with van der Waals surface area (Å²) in [6.45, 7) is 15.4. The summed E-state index contributed by atoms with van der Waals surface area (Å²) in [4.78, 5) is 25.1. The summed E-state index contributed by atoms with van der Waals surface area (Å²) < 4.78 is 37.7. The molecule has 9 nitrogen and oxygen atoms in total. The van der Waals surface area contributed by atoms with E-state index in [-0.39, 0.29) is 30.1 Å². The van der Waals surface area contributed by atoms with Crippen LogP contribution in [0.25, 0.3) is 5.65 Å². The SMILES string of the molecule is C[C@@H]1CN(CC(=O)N2CC(C)(C)c3c2cc(C(C)(F)c2ccc(F)cc2)c2ncnn32)[C@@H](CN2CCOC[C@H]2C)CN1. The molecule has 0 bridgehead atoms. The zero-order valence-corrected chi connectivity index (χ0v) is 25.1. The third-order valence-electron chi connectivity index (χ3n) is 9.22. The van der Waals surface area contributed by atoms with E-state index in [0.29, 0.717) is 29.5 Å². The number of halogens is 2. The number of pyridine rings is 1. The van der Waals surface area contributed by atoms with Crippen LogP contribution in [-0.4, -0.2) is 101 Å². The van der Waals surface area contributed by atoms with E-state index >= 15 is 4.39 Å². The second kappa shape index (κ2) is 10.9. The largest absolute Gasteiger partial charge is 0.379 e. The number of aromatic nitrogens is 3. The molecule has 1 amide bonds. The Hall–Kier alpha value is -2.99. The molecule has 2 fully saturated rings. The summed E-state index contributed by atoms with van der Waals surface area (Å²) in [7, 11) is 0. The zero-order chi connectivity index (χ0) is 29.8. The number of nitrogens with one attached hydrogen (secondary N) is 1. The Morgan fingerprint density at radius 2 is 1.98 bits per heavy atom. The highest BCUT2D eigenvalue weighted by Gasteiger charge is 2.44. The Morgan fingerprint density at radius 1 is 1.21 bits per heavy atom. The summed E-state index contributed by atoms with van der Waals surface area (Å²) in [6, 6.07) is 7.94. The molecule has 3 aliphatic rings. The third-order valence-corrected chi connectivity index (χ3v) is 9.22. The van der Waals surface area contributed by atoms with Gasteiger partial charge in [-0.15, -0.1) is 0 Å². The molecule has 3 aromatic rings. The van der Waals surface area contributed by atoms with Crippen molar-refractivity contribution in [1.82, 2.24) is 29.7 Å². The van der Waals surface area contributed by atoms with Gasteiger partial charge >= 0.3 is 0 Å². The lowest BCUT2D eigenvalue weighted by Gasteiger charge is -2.43. The van der Waals surface area contributed by atoms with Crippen LogP contribution in [0.15, 0.2) is 36.7 Å². The monoisotopic (exact) mass is 581 g/mol. The highest BCUT2D eigenvalue weighted by atomic mass is 19.1. The van der Waals surface area contributed by atoms with E-state index < -0.39 is 16.9 Å². The number of fused-ring (bicyclic) bond motifs is 3. The van der Waals surface area contributed by atoms with Gasteiger partial charge in [0.2, 0.25) is 5.91 Å². The summed E-state index contributed by atoms with van der Waals surface area (Å²) in [6.07, 6.45) is 1.42. The molecule has 1 unspecified atom stereocenters. The third kappa shape index (κ3) is 5.21. The van der Waals surface area contributed by atoms with Gasteiger partial charge in [0, 0.05) is 61.8 Å². The van der Waals surface area contributed by atoms with Gasteiger partial charge in [-0.2, -0.15) is 5.10 Å². The molecule has 0 spiro atoms. The van der Waals surface area contributed by atoms with Crippen LogP contribution in [0, 0.1) is 5.82 Å². The number of rotatable bonds is 6. The van der Waals surface area contributed by atoms with Crippen molar-refractivity contribution in [1.29, 1.82) is 0 Å². The maximum Gasteiger partial charge on any atom is 0.241 e. The molecule has 5 heterocycles. The number of alkyl halides is 1. The van der Waals surface area contributed by atoms with E-state index in [9.17, 15) is 9.18 Å². The predicted octanol–water partition coefficient (Wildman–Crippen LogP) is 3.11. The van der Waals surface area contributed by atoms with E-state index in [1.807, 2.05) is 0 Å². The molecule has 2 aromatic heterocycles. The average Bonchev–Trinajstić information content (AvgIpc) is 3.53. The quantitative estimate of drug-likeness (QED) is 0.480. The summed E-state index contributed by atoms with van der Waals surface area (Å²) >= 11 is 0. The maximum atomic E-state index is 16.7. The van der Waals surface area contributed by atoms with Crippen molar-refractivity contribution in [3.8, 4) is 0 Å². The van der Waals surface area contributed by atoms with Crippen LogP contribution in [-0.2, 0) is 20.6 Å². The smallest absolute Gasteiger partial charge is 0.241 e. The number of hydrogen-bond acceptors (Lipinski definition) is 7. The Bertz CT molecular complexity index is 1460. The zero-order valence-electron chi connectivity index (χ0n) is 25.1. The van der Waals surface area contributed by atoms with Gasteiger partial charge in [0.15, 0.2) is 11.3 Å². The molecule has 4 atom stereocenters. The first-order chi connectivity index (χ1) is 20.0. The lowest BCUT2D eigenvalue weighted by Crippen LogP contribution is -2.62. The number of carbonyl (C=O) groups is 1. The van der Waals surface area contributed by atoms with Crippen molar-refractivity contribution in [2.24, 2.45) is 0 Å². The van der Waals surface area contributed by atoms with Crippen molar-refractivity contribution in [2.75, 3.05) is 57.4 Å². The minimum atomic E-state index is -1.99. The molecule has 1 aromatic carbocycles. The van der Waals surface area contributed by atoms with Gasteiger partial charge in [-0.05, 0) is 44.5 Å². The molecule has 11 heteroatoms. The molecule has 226 valence electrons. The van der Waals surface area contributed by atoms with Gasteiger partial charge in [-0.1, -0.05) is 26.0 Å². The van der Waals surface area contributed by atoms with Gasteiger partial charge in [0.25, 0.3) is 0 Å². The van der Waals surface area contributed by atoms with Crippen LogP contribution in [0.1, 0.15) is 51.4 Å². The Labute approximate surface area is 245 Å². The number of benzene rings is 1. The fourth-order valence-electron chi connectivity index (χ4n) is 6.82. The fourth-order valence-corrected chi connectivity index (χ4v) is 6.82. The standard InChI is InChI=1S/C31H41F2N7O2/c1-20-14-38(24(13-34-20)15-37-10-11-42-17-21(37)2)16-27(41)39-18-30(3,4)28-26(39)12-25(29-35-19-36-40(28)29)31(5,33)22-6-8-23(32)9-7-22/h6-9,12,19-21,24,34H,10-11,13-18H2,1-5H3/t20-,21-,24-,31?/m1/s1. The number of hydrogen-bond donors (Lipinski definition) is 1. The van der Waals surface area contributed by atoms with Gasteiger partial charge in [0.1, 0.15) is 12.1 Å². The Morgan fingerprint density at radius 3 is 2.71 bits per heavy atom. The molecule has 0 aliphatic carbocycles. The first kappa shape index (κ1) is 29.1. The van der Waals surface area contributed by atoms with Crippen molar-refractivity contribution >= 4 is 17.2 Å². The number of anilines is 1. The first-order valence-electron chi connectivity index (χ1n) is 14.9. The Balaban J connectivity index is 1.33. The predicted molar refractivity (Wildman–Crippen MR) is 157 cm³/mol. The highest BCUT2D eigenvalue weighted by molar-refractivity contribution is 5.98. The summed E-state index contributed by atoms with van der Waals surface area (Å²) in [5, 5.41) is 8.07. The molecular weight excluding hydrogens is 540 g/mol. The topological polar surface area (TPSA) is 78.2 Å². The van der Waals surface area contributed by atoms with Crippen LogP contribution in [0.2, 0.25) is 0 Å². The minimum absolute atomic E-state index is 0.0243. The van der Waals surface area contributed by atoms with Crippen molar-refractivity contribution in [3.05, 3.63) is 59.3 Å². The lowest BCUT2D eigenvalue weighted by molar-refractivity contribution is -0.121. The average molecular weight is 582 g/mol. The van der Waals surface area contributed by atoms with Gasteiger partial charge in [0.05, 0.1) is 31.1 Å². The highest BCUT2D eigenvalue weighted by Crippen LogP contribution is 2.45. The van der Waals surface area contributed by atoms with Gasteiger partial charge < -0.3 is 15.0 Å². The van der Waals surface area contributed by atoms with E-state index in [4.69, 9.17) is 4.74 Å². The number of ether oxygens (including phenoxy) is 1. The van der Waals surface area contributed by atoms with E-state index in [1.165, 1.54) is 37.5 Å². The van der Waals surface area contributed by atoms with E-state index in [2.05, 4.69) is 52.9 Å². The molecule has 6 rings (SSSR count). The molecule has 42 heavy (non-hydrogen) atoms. The normalized spacial score (nSPS) is 26.4. The minimum Gasteiger partial charge on any atom is -0.379 e. The lowest BCUT2D eigenvalue weighted by atomic mass is 9.87. The number of amides is 1. The van der Waals surface area contributed by atoms with Crippen molar-refractivity contribution < 1.29 is 18.3 Å². The molecule has 0 saturated carbocycles. The number of morpholine rings is 1. The van der Waals surface area contributed by atoms with Gasteiger partial charge in [-0.3, -0.25) is 14.6 Å². The maximum absolute atomic E-state index is 16.7. The molecular formula is C31H41F2N7O2. The molecule has 0 radical (unpaired) electrons. The number of carbonyl (C=O) groups excluding carboxylic acids is 1. The van der Waals surface area contributed by atoms with Crippen LogP contribution in [0.5, 0.6) is 0 Å². The second-order valence-corrected chi connectivity index (χ2v) is 13.0. The van der Waals surface area contributed by atoms with Gasteiger partial charge in [-0.25, -0.2) is 18.3 Å². The van der Waals surface area contributed by atoms with Crippen molar-refractivity contribution in [3.63, 3.8) is 0 Å². The number of piperazine rings is 1. The van der Waals surface area contributed by atoms with E-state index in [1.54, 1.807) is 15.5 Å².